The molecule has 0 N–H and O–H groups in total. The quantitative estimate of drug-likeness (QED) is 0.703. The third-order valence-corrected chi connectivity index (χ3v) is 3.93. The lowest BCUT2D eigenvalue weighted by molar-refractivity contribution is 1.04. The van der Waals surface area contributed by atoms with Crippen molar-refractivity contribution in [1.29, 1.82) is 0 Å². The molecular formula is C22H27N3. The molecule has 3 nitrogen and oxygen atoms in total. The van der Waals surface area contributed by atoms with Gasteiger partial charge in [-0.3, -0.25) is 15.0 Å². The van der Waals surface area contributed by atoms with Crippen molar-refractivity contribution in [2.45, 2.75) is 33.6 Å². The minimum Gasteiger partial charge on any atom is -0.296 e. The van der Waals surface area contributed by atoms with Crippen LogP contribution in [0.5, 0.6) is 0 Å². The topological polar surface area (TPSA) is 37.6 Å². The zero-order valence-electron chi connectivity index (χ0n) is 15.6. The number of nitrogens with zero attached hydrogens (tertiary/aromatic N) is 3. The summed E-state index contributed by atoms with van der Waals surface area (Å²) in [6, 6.07) is 4.08. The summed E-state index contributed by atoms with van der Waals surface area (Å²) in [5.74, 6) is 0.237. The lowest BCUT2D eigenvalue weighted by atomic mass is 9.83. The van der Waals surface area contributed by atoms with Crippen LogP contribution in [0.3, 0.4) is 0 Å². The highest BCUT2D eigenvalue weighted by atomic mass is 14.8. The molecule has 130 valence electrons. The average Bonchev–Trinajstić information content (AvgIpc) is 3.06. The van der Waals surface area contributed by atoms with Crippen LogP contribution in [0.2, 0.25) is 0 Å². The predicted molar refractivity (Wildman–Crippen MR) is 108 cm³/mol. The molecule has 25 heavy (non-hydrogen) atoms. The van der Waals surface area contributed by atoms with Crippen LogP contribution in [-0.2, 0) is 6.42 Å². The van der Waals surface area contributed by atoms with Gasteiger partial charge in [0.25, 0.3) is 0 Å². The first-order valence-electron chi connectivity index (χ1n) is 8.88. The molecule has 1 aromatic rings. The molecule has 0 bridgehead atoms. The summed E-state index contributed by atoms with van der Waals surface area (Å²) in [5.41, 5.74) is 5.97. The molecule has 1 aromatic heterocycles. The van der Waals surface area contributed by atoms with Crippen molar-refractivity contribution in [3.63, 3.8) is 0 Å². The maximum atomic E-state index is 4.68. The molecule has 3 rings (SSSR count). The van der Waals surface area contributed by atoms with Crippen molar-refractivity contribution >= 4 is 11.9 Å². The summed E-state index contributed by atoms with van der Waals surface area (Å²) in [6.07, 6.45) is 18.3. The molecule has 1 aliphatic carbocycles. The maximum absolute atomic E-state index is 4.68. The lowest BCUT2D eigenvalue weighted by Gasteiger charge is -2.20. The number of hydrogen-bond donors (Lipinski definition) is 0. The van der Waals surface area contributed by atoms with Crippen LogP contribution >= 0.6 is 0 Å². The summed E-state index contributed by atoms with van der Waals surface area (Å²) >= 11 is 0. The number of aromatic nitrogens is 1. The Bertz CT molecular complexity index is 747. The smallest absolute Gasteiger partial charge is 0.0552 e. The van der Waals surface area contributed by atoms with Gasteiger partial charge in [-0.25, -0.2) is 0 Å². The van der Waals surface area contributed by atoms with E-state index >= 15 is 0 Å². The largest absolute Gasteiger partial charge is 0.296 e. The summed E-state index contributed by atoms with van der Waals surface area (Å²) in [4.78, 5) is 13.0. The van der Waals surface area contributed by atoms with Crippen LogP contribution in [0, 0.1) is 5.92 Å². The molecule has 0 aromatic carbocycles. The lowest BCUT2D eigenvalue weighted by Crippen LogP contribution is -2.18. The summed E-state index contributed by atoms with van der Waals surface area (Å²) in [5, 5.41) is 0. The van der Waals surface area contributed by atoms with Gasteiger partial charge in [-0.15, -0.1) is 0 Å². The van der Waals surface area contributed by atoms with Crippen LogP contribution in [0.25, 0.3) is 0 Å². The van der Waals surface area contributed by atoms with Gasteiger partial charge in [0.05, 0.1) is 5.71 Å². The summed E-state index contributed by atoms with van der Waals surface area (Å²) in [7, 11) is 1.80. The minimum absolute atomic E-state index is 0.237. The van der Waals surface area contributed by atoms with Crippen molar-refractivity contribution < 1.29 is 0 Å². The van der Waals surface area contributed by atoms with Crippen LogP contribution in [0.1, 0.15) is 32.8 Å². The third-order valence-electron chi connectivity index (χ3n) is 3.93. The molecule has 2 aliphatic rings. The second-order valence-electron chi connectivity index (χ2n) is 6.03. The van der Waals surface area contributed by atoms with Gasteiger partial charge >= 0.3 is 0 Å². The predicted octanol–water partition coefficient (Wildman–Crippen LogP) is 5.14. The van der Waals surface area contributed by atoms with Gasteiger partial charge < -0.3 is 0 Å². The van der Waals surface area contributed by atoms with Gasteiger partial charge in [0.15, 0.2) is 0 Å². The Balaban J connectivity index is 0.000000701. The Hall–Kier alpha value is -2.55. The van der Waals surface area contributed by atoms with Crippen molar-refractivity contribution in [2.24, 2.45) is 15.9 Å². The molecular weight excluding hydrogens is 306 g/mol. The molecule has 0 spiro atoms. The van der Waals surface area contributed by atoms with Gasteiger partial charge in [-0.1, -0.05) is 50.6 Å². The van der Waals surface area contributed by atoms with Gasteiger partial charge in [0.1, 0.15) is 0 Å². The Kier molecular flexibility index (Phi) is 7.27. The van der Waals surface area contributed by atoms with Crippen molar-refractivity contribution in [1.82, 2.24) is 4.98 Å². The van der Waals surface area contributed by atoms with E-state index in [1.54, 1.807) is 13.2 Å². The molecule has 0 saturated carbocycles. The fourth-order valence-corrected chi connectivity index (χ4v) is 2.87. The zero-order valence-corrected chi connectivity index (χ0v) is 15.6. The van der Waals surface area contributed by atoms with E-state index in [2.05, 4.69) is 59.2 Å². The Morgan fingerprint density at radius 1 is 1.32 bits per heavy atom. The van der Waals surface area contributed by atoms with Crippen LogP contribution in [0.15, 0.2) is 81.7 Å². The fraction of sp³-hybridized carbons (Fsp3) is 0.318. The number of rotatable bonds is 4. The summed E-state index contributed by atoms with van der Waals surface area (Å²) < 4.78 is 0. The number of aliphatic imine (C=N–C) groups is 2. The Morgan fingerprint density at radius 3 is 2.76 bits per heavy atom. The van der Waals surface area contributed by atoms with E-state index in [0.717, 1.165) is 17.7 Å². The second kappa shape index (κ2) is 9.67. The second-order valence-corrected chi connectivity index (χ2v) is 6.03. The number of allylic oxidation sites excluding steroid dienone is 7. The van der Waals surface area contributed by atoms with E-state index in [9.17, 15) is 0 Å². The Labute approximate surface area is 151 Å². The first-order chi connectivity index (χ1) is 12.2. The fourth-order valence-electron chi connectivity index (χ4n) is 2.87. The van der Waals surface area contributed by atoms with E-state index in [0.29, 0.717) is 0 Å². The highest BCUT2D eigenvalue weighted by molar-refractivity contribution is 6.09. The van der Waals surface area contributed by atoms with E-state index in [1.165, 1.54) is 23.1 Å². The highest BCUT2D eigenvalue weighted by Gasteiger charge is 2.28. The van der Waals surface area contributed by atoms with Gasteiger partial charge in [-0.05, 0) is 35.3 Å². The molecule has 1 unspecified atom stereocenters. The van der Waals surface area contributed by atoms with E-state index in [4.69, 9.17) is 0 Å². The van der Waals surface area contributed by atoms with E-state index < -0.39 is 0 Å². The van der Waals surface area contributed by atoms with Crippen LogP contribution in [0.4, 0.5) is 0 Å². The third kappa shape index (κ3) is 4.72. The number of fused-ring (bicyclic) bond motifs is 1. The van der Waals surface area contributed by atoms with Crippen molar-refractivity contribution in [2.75, 3.05) is 7.05 Å². The van der Waals surface area contributed by atoms with Crippen molar-refractivity contribution in [3.8, 4) is 0 Å². The molecule has 3 heteroatoms. The van der Waals surface area contributed by atoms with Crippen LogP contribution in [-0.4, -0.2) is 24.0 Å². The van der Waals surface area contributed by atoms with E-state index in [1.807, 2.05) is 31.6 Å². The number of pyridine rings is 1. The molecule has 1 aliphatic heterocycles. The SMILES string of the molecule is C/C=C(\C=NC)C1=CN=C2C(Cc3cccnc3)=CC=CC12.CCC. The zero-order chi connectivity index (χ0) is 18.1. The molecule has 2 heterocycles. The molecule has 0 amide bonds. The van der Waals surface area contributed by atoms with Gasteiger partial charge in [-0.2, -0.15) is 0 Å². The molecule has 0 saturated heterocycles. The van der Waals surface area contributed by atoms with Crippen molar-refractivity contribution in [3.05, 3.63) is 77.3 Å². The first kappa shape index (κ1) is 18.8. The average molecular weight is 333 g/mol. The molecule has 0 fully saturated rings. The Morgan fingerprint density at radius 2 is 2.12 bits per heavy atom. The monoisotopic (exact) mass is 333 g/mol. The standard InChI is InChI=1S/C19H19N3.C3H8/c1-3-15(12-20-2)18-13-22-19-16(7-4-8-17(18)19)10-14-6-5-9-21-11-14;1-3-2/h3-9,11-13,17H,10H2,1-2H3;3H2,1-2H3/b15-3+,20-12?;. The molecule has 0 radical (unpaired) electrons. The van der Waals surface area contributed by atoms with E-state index in [-0.39, 0.29) is 5.92 Å². The van der Waals surface area contributed by atoms with Gasteiger partial charge in [0.2, 0.25) is 0 Å². The first-order valence-corrected chi connectivity index (χ1v) is 8.88. The van der Waals surface area contributed by atoms with Crippen LogP contribution < -0.4 is 0 Å². The molecule has 1 atom stereocenters. The number of hydrogen-bond acceptors (Lipinski definition) is 3. The highest BCUT2D eigenvalue weighted by Crippen LogP contribution is 2.33. The normalized spacial score (nSPS) is 19.0. The minimum atomic E-state index is 0.237. The maximum Gasteiger partial charge on any atom is 0.0552 e. The van der Waals surface area contributed by atoms with Gasteiger partial charge in [0, 0.05) is 44.2 Å². The summed E-state index contributed by atoms with van der Waals surface area (Å²) in [6.45, 7) is 6.29.